The summed E-state index contributed by atoms with van der Waals surface area (Å²) in [6.45, 7) is 12.2. The van der Waals surface area contributed by atoms with Gasteiger partial charge in [-0.15, -0.1) is 0 Å². The minimum atomic E-state index is -3.67. The van der Waals surface area contributed by atoms with Gasteiger partial charge in [0.2, 0.25) is 15.9 Å². The van der Waals surface area contributed by atoms with Crippen LogP contribution in [0.15, 0.2) is 40.8 Å². The Morgan fingerprint density at radius 3 is 2.31 bits per heavy atom. The lowest BCUT2D eigenvalue weighted by molar-refractivity contribution is -0.123. The van der Waals surface area contributed by atoms with Gasteiger partial charge in [0, 0.05) is 18.7 Å². The van der Waals surface area contributed by atoms with E-state index in [9.17, 15) is 18.0 Å². The Balaban J connectivity index is 2.07. The van der Waals surface area contributed by atoms with Crippen molar-refractivity contribution in [1.82, 2.24) is 15.2 Å². The number of hydrogen-bond donors (Lipinski definition) is 2. The van der Waals surface area contributed by atoms with E-state index >= 15 is 0 Å². The minimum absolute atomic E-state index is 0.0483. The third-order valence-electron chi connectivity index (χ3n) is 5.44. The summed E-state index contributed by atoms with van der Waals surface area (Å²) in [6, 6.07) is 5.81. The first kappa shape index (κ1) is 23.1. The topological polar surface area (TPSA) is 95.6 Å². The molecule has 8 heteroatoms. The molecular weight excluding hydrogens is 390 g/mol. The standard InChI is InChI=1S/C21H31N3O4S/c1-7-24(8-2)29(27,28)16-11-9-10-15(13-16)19(25)22-23-20(26)18-17(12-14(3)4)21(18,5)6/h9-13,17-18H,7-8H2,1-6H3,(H,22,25)(H,23,26)/t17-,18-/m0/s1. The van der Waals surface area contributed by atoms with Crippen molar-refractivity contribution in [3.63, 3.8) is 0 Å². The van der Waals surface area contributed by atoms with Crippen LogP contribution in [0.3, 0.4) is 0 Å². The fourth-order valence-electron chi connectivity index (χ4n) is 3.63. The number of allylic oxidation sites excluding steroid dienone is 2. The van der Waals surface area contributed by atoms with E-state index in [-0.39, 0.29) is 33.6 Å². The highest BCUT2D eigenvalue weighted by Gasteiger charge is 2.60. The first-order valence-corrected chi connectivity index (χ1v) is 11.3. The van der Waals surface area contributed by atoms with Gasteiger partial charge in [-0.3, -0.25) is 20.4 Å². The monoisotopic (exact) mass is 421 g/mol. The molecule has 2 atom stereocenters. The lowest BCUT2D eigenvalue weighted by Crippen LogP contribution is -2.43. The molecule has 0 heterocycles. The maximum atomic E-state index is 12.6. The second-order valence-electron chi connectivity index (χ2n) is 8.13. The number of hydrazine groups is 1. The average Bonchev–Trinajstić information content (AvgIpc) is 3.19. The van der Waals surface area contributed by atoms with Crippen LogP contribution in [0.5, 0.6) is 0 Å². The van der Waals surface area contributed by atoms with Crippen molar-refractivity contribution in [2.75, 3.05) is 13.1 Å². The van der Waals surface area contributed by atoms with Crippen LogP contribution < -0.4 is 10.9 Å². The highest BCUT2D eigenvalue weighted by Crippen LogP contribution is 2.59. The quantitative estimate of drug-likeness (QED) is 0.523. The van der Waals surface area contributed by atoms with Crippen LogP contribution in [-0.2, 0) is 14.8 Å². The number of rotatable bonds is 7. The van der Waals surface area contributed by atoms with E-state index in [1.165, 1.54) is 28.6 Å². The van der Waals surface area contributed by atoms with Crippen molar-refractivity contribution < 1.29 is 18.0 Å². The summed E-state index contributed by atoms with van der Waals surface area (Å²) in [7, 11) is -3.67. The summed E-state index contributed by atoms with van der Waals surface area (Å²) in [5.74, 6) is -0.899. The van der Waals surface area contributed by atoms with Crippen molar-refractivity contribution >= 4 is 21.8 Å². The molecule has 2 N–H and O–H groups in total. The van der Waals surface area contributed by atoms with Crippen LogP contribution >= 0.6 is 0 Å². The minimum Gasteiger partial charge on any atom is -0.273 e. The van der Waals surface area contributed by atoms with Crippen LogP contribution in [0.1, 0.15) is 51.9 Å². The van der Waals surface area contributed by atoms with E-state index in [0.29, 0.717) is 13.1 Å². The molecule has 0 saturated heterocycles. The zero-order chi connectivity index (χ0) is 22.0. The van der Waals surface area contributed by atoms with Gasteiger partial charge in [0.05, 0.1) is 10.8 Å². The molecule has 0 unspecified atom stereocenters. The maximum Gasteiger partial charge on any atom is 0.269 e. The van der Waals surface area contributed by atoms with Gasteiger partial charge in [0.15, 0.2) is 0 Å². The van der Waals surface area contributed by atoms with Crippen LogP contribution in [0.25, 0.3) is 0 Å². The highest BCUT2D eigenvalue weighted by atomic mass is 32.2. The van der Waals surface area contributed by atoms with Crippen LogP contribution in [0.4, 0.5) is 0 Å². The normalized spacial score (nSPS) is 20.1. The Labute approximate surface area is 173 Å². The van der Waals surface area contributed by atoms with E-state index in [0.717, 1.165) is 5.57 Å². The summed E-state index contributed by atoms with van der Waals surface area (Å²) in [5, 5.41) is 0. The van der Waals surface area contributed by atoms with Crippen molar-refractivity contribution in [1.29, 1.82) is 0 Å². The molecule has 1 aromatic rings. The average molecular weight is 422 g/mol. The predicted octanol–water partition coefficient (Wildman–Crippen LogP) is 2.72. The Hall–Kier alpha value is -2.19. The zero-order valence-corrected chi connectivity index (χ0v) is 18.8. The van der Waals surface area contributed by atoms with Crippen molar-refractivity contribution in [2.45, 2.75) is 46.4 Å². The van der Waals surface area contributed by atoms with Crippen LogP contribution in [-0.4, -0.2) is 37.6 Å². The lowest BCUT2D eigenvalue weighted by Gasteiger charge is -2.18. The molecule has 1 aliphatic rings. The fraction of sp³-hybridized carbons (Fsp3) is 0.524. The largest absolute Gasteiger partial charge is 0.273 e. The Morgan fingerprint density at radius 1 is 1.14 bits per heavy atom. The Kier molecular flexibility index (Phi) is 6.90. The number of hydrogen-bond acceptors (Lipinski definition) is 4. The van der Waals surface area contributed by atoms with Gasteiger partial charge in [-0.2, -0.15) is 4.31 Å². The number of nitrogens with zero attached hydrogens (tertiary/aromatic N) is 1. The zero-order valence-electron chi connectivity index (χ0n) is 17.9. The first-order valence-electron chi connectivity index (χ1n) is 9.82. The lowest BCUT2D eigenvalue weighted by atomic mass is 10.1. The number of amides is 2. The van der Waals surface area contributed by atoms with Crippen molar-refractivity contribution in [2.24, 2.45) is 17.3 Å². The molecule has 29 heavy (non-hydrogen) atoms. The summed E-state index contributed by atoms with van der Waals surface area (Å²) < 4.78 is 26.6. The highest BCUT2D eigenvalue weighted by molar-refractivity contribution is 7.89. The van der Waals surface area contributed by atoms with Gasteiger partial charge in [0.25, 0.3) is 5.91 Å². The number of nitrogens with one attached hydrogen (secondary N) is 2. The van der Waals surface area contributed by atoms with Crippen LogP contribution in [0, 0.1) is 17.3 Å². The number of benzene rings is 1. The third kappa shape index (κ3) is 4.87. The van der Waals surface area contributed by atoms with Crippen molar-refractivity contribution in [3.8, 4) is 0 Å². The smallest absolute Gasteiger partial charge is 0.269 e. The van der Waals surface area contributed by atoms with Gasteiger partial charge in [-0.1, -0.05) is 45.4 Å². The second-order valence-corrected chi connectivity index (χ2v) is 10.1. The van der Waals surface area contributed by atoms with E-state index < -0.39 is 15.9 Å². The molecule has 0 aliphatic heterocycles. The molecule has 2 rings (SSSR count). The summed E-state index contributed by atoms with van der Waals surface area (Å²) >= 11 is 0. The molecule has 0 bridgehead atoms. The molecule has 1 saturated carbocycles. The Bertz CT molecular complexity index is 914. The molecular formula is C21H31N3O4S. The second kappa shape index (κ2) is 8.67. The number of carbonyl (C=O) groups is 2. The first-order chi connectivity index (χ1) is 13.5. The summed E-state index contributed by atoms with van der Waals surface area (Å²) in [6.07, 6.45) is 2.08. The molecule has 160 valence electrons. The van der Waals surface area contributed by atoms with Crippen LogP contribution in [0.2, 0.25) is 0 Å². The molecule has 1 aromatic carbocycles. The van der Waals surface area contributed by atoms with E-state index in [4.69, 9.17) is 0 Å². The molecule has 0 radical (unpaired) electrons. The van der Waals surface area contributed by atoms with E-state index in [2.05, 4.69) is 16.9 Å². The fourth-order valence-corrected chi connectivity index (χ4v) is 5.13. The van der Waals surface area contributed by atoms with E-state index in [1.807, 2.05) is 27.7 Å². The van der Waals surface area contributed by atoms with E-state index in [1.54, 1.807) is 13.8 Å². The number of carbonyl (C=O) groups excluding carboxylic acids is 2. The third-order valence-corrected chi connectivity index (χ3v) is 7.49. The SMILES string of the molecule is CCN(CC)S(=O)(=O)c1cccc(C(=O)NNC(=O)[C@@H]2[C@H](C=C(C)C)C2(C)C)c1. The van der Waals surface area contributed by atoms with Gasteiger partial charge in [0.1, 0.15) is 0 Å². The Morgan fingerprint density at radius 2 is 1.76 bits per heavy atom. The molecule has 0 aromatic heterocycles. The molecule has 1 aliphatic carbocycles. The molecule has 1 fully saturated rings. The van der Waals surface area contributed by atoms with Gasteiger partial charge in [-0.25, -0.2) is 8.42 Å². The van der Waals surface area contributed by atoms with Gasteiger partial charge in [-0.05, 0) is 43.4 Å². The molecule has 2 amide bonds. The molecule has 7 nitrogen and oxygen atoms in total. The number of sulfonamides is 1. The summed E-state index contributed by atoms with van der Waals surface area (Å²) in [5.41, 5.74) is 6.02. The van der Waals surface area contributed by atoms with Crippen molar-refractivity contribution in [3.05, 3.63) is 41.5 Å². The van der Waals surface area contributed by atoms with Gasteiger partial charge >= 0.3 is 0 Å². The predicted molar refractivity (Wildman–Crippen MR) is 112 cm³/mol. The molecule has 0 spiro atoms. The summed E-state index contributed by atoms with van der Waals surface area (Å²) in [4.78, 5) is 25.0. The van der Waals surface area contributed by atoms with Gasteiger partial charge < -0.3 is 0 Å². The maximum absolute atomic E-state index is 12.6.